The van der Waals surface area contributed by atoms with Crippen LogP contribution in [0.1, 0.15) is 0 Å². The molecule has 0 unspecified atom stereocenters. The van der Waals surface area contributed by atoms with E-state index >= 15 is 0 Å². The lowest BCUT2D eigenvalue weighted by Gasteiger charge is -1.72. The topological polar surface area (TPSA) is 26.0 Å². The largest absolute Gasteiger partial charge is 0.455 e. The molecule has 1 rings (SSSR count). The van der Waals surface area contributed by atoms with Crippen molar-refractivity contribution in [2.24, 2.45) is 0 Å². The summed E-state index contributed by atoms with van der Waals surface area (Å²) >= 11 is 7.61. The Bertz CT molecular complexity index is 147. The third-order valence-corrected chi connectivity index (χ3v) is 0.937. The molecule has 0 aliphatic rings. The van der Waals surface area contributed by atoms with Gasteiger partial charge in [-0.25, -0.2) is 4.98 Å². The van der Waals surface area contributed by atoms with E-state index in [-0.39, 0.29) is 5.35 Å². The van der Waals surface area contributed by atoms with Crippen molar-refractivity contribution in [2.45, 2.75) is 0 Å². The molecule has 1 heterocycles. The van der Waals surface area contributed by atoms with Gasteiger partial charge in [-0.2, -0.15) is 0 Å². The van der Waals surface area contributed by atoms with Gasteiger partial charge in [0, 0.05) is 10.8 Å². The van der Waals surface area contributed by atoms with Gasteiger partial charge in [-0.1, -0.05) is 0 Å². The summed E-state index contributed by atoms with van der Waals surface area (Å²) in [5.74, 6) is 0. The average Bonchev–Trinajstić information content (AvgIpc) is 1.87. The van der Waals surface area contributed by atoms with E-state index in [2.05, 4.69) is 21.3 Å². The van der Waals surface area contributed by atoms with Gasteiger partial charge in [0.05, 0.1) is 0 Å². The molecule has 0 saturated heterocycles. The van der Waals surface area contributed by atoms with Crippen molar-refractivity contribution < 1.29 is 4.42 Å². The highest BCUT2D eigenvalue weighted by Gasteiger charge is 1.89. The highest BCUT2D eigenvalue weighted by atomic mass is 35.5. The molecule has 0 fully saturated rings. The molecule has 1 aromatic heterocycles. The predicted octanol–water partition coefficient (Wildman–Crippen LogP) is 0.122. The summed E-state index contributed by atoms with van der Waals surface area (Å²) in [7, 11) is 0. The van der Waals surface area contributed by atoms with Crippen molar-refractivity contribution in [2.75, 3.05) is 0 Å². The van der Waals surface area contributed by atoms with Crippen LogP contribution in [0.3, 0.4) is 0 Å². The summed E-state index contributed by atoms with van der Waals surface area (Å²) in [5, 5.41) is 0.185. The molecule has 0 bridgehead atoms. The van der Waals surface area contributed by atoms with E-state index in [4.69, 9.17) is 16.0 Å². The number of oxazole rings is 1. The van der Waals surface area contributed by atoms with Crippen LogP contribution in [0, 0.1) is 0 Å². The van der Waals surface area contributed by atoms with E-state index in [1.54, 1.807) is 0 Å². The molecule has 1 aromatic rings. The fourth-order valence-corrected chi connectivity index (χ4v) is 0.663. The van der Waals surface area contributed by atoms with Gasteiger partial charge in [0.2, 0.25) is 16.3 Å². The summed E-state index contributed by atoms with van der Waals surface area (Å²) < 4.78 is 5.36. The molecule has 0 atom stereocenters. The van der Waals surface area contributed by atoms with Crippen LogP contribution in [-0.4, -0.2) is 21.3 Å². The second-order valence-corrected chi connectivity index (χ2v) is 1.91. The molecule has 0 aliphatic heterocycles. The summed E-state index contributed by atoms with van der Waals surface area (Å²) in [6, 6.07) is 0. The van der Waals surface area contributed by atoms with Gasteiger partial charge in [-0.05, 0) is 11.6 Å². The molecule has 0 saturated carbocycles. The molecule has 2 nitrogen and oxygen atoms in total. The summed E-state index contributed by atoms with van der Waals surface area (Å²) in [5.41, 5.74) is 0. The highest BCUT2D eigenvalue weighted by molar-refractivity contribution is 6.31. The Hall–Kier alpha value is 0.0325. The standard InChI is InChI=1S/C3HClNO.Al/c4-3-5-1-2-6-3;/h1H;. The van der Waals surface area contributed by atoms with E-state index in [1.165, 1.54) is 6.20 Å². The van der Waals surface area contributed by atoms with Gasteiger partial charge in [0.15, 0.2) is 0 Å². The zero-order chi connectivity index (χ0) is 5.28. The van der Waals surface area contributed by atoms with E-state index in [1.807, 2.05) is 0 Å². The molecule has 0 spiro atoms. The van der Waals surface area contributed by atoms with Crippen LogP contribution < -0.4 is 4.62 Å². The molecule has 0 aromatic carbocycles. The Labute approximate surface area is 53.9 Å². The van der Waals surface area contributed by atoms with E-state index in [9.17, 15) is 0 Å². The van der Waals surface area contributed by atoms with Crippen LogP contribution >= 0.6 is 11.6 Å². The maximum atomic E-state index is 5.27. The Morgan fingerprint density at radius 3 is 2.71 bits per heavy atom. The Morgan fingerprint density at radius 1 is 1.86 bits per heavy atom. The van der Waals surface area contributed by atoms with Crippen LogP contribution in [0.25, 0.3) is 0 Å². The number of nitrogens with zero attached hydrogens (tertiary/aromatic N) is 1. The molecule has 34 valence electrons. The molecular formula is C3HAlClNO. The lowest BCUT2D eigenvalue weighted by molar-refractivity contribution is 0.592. The van der Waals surface area contributed by atoms with E-state index in [0.29, 0.717) is 4.62 Å². The van der Waals surface area contributed by atoms with Crippen molar-refractivity contribution >= 4 is 32.5 Å². The van der Waals surface area contributed by atoms with Crippen molar-refractivity contribution in [1.82, 2.24) is 4.98 Å². The van der Waals surface area contributed by atoms with Crippen molar-refractivity contribution in [3.63, 3.8) is 0 Å². The first-order valence-electron chi connectivity index (χ1n) is 1.66. The minimum atomic E-state index is 0.185. The minimum absolute atomic E-state index is 0.185. The van der Waals surface area contributed by atoms with Gasteiger partial charge >= 0.3 is 0 Å². The minimum Gasteiger partial charge on any atom is -0.455 e. The zero-order valence-electron chi connectivity index (χ0n) is 3.39. The first kappa shape index (κ1) is 5.17. The number of halogens is 1. The number of rotatable bonds is 0. The van der Waals surface area contributed by atoms with Crippen LogP contribution in [0.4, 0.5) is 0 Å². The van der Waals surface area contributed by atoms with Crippen LogP contribution in [-0.2, 0) is 0 Å². The van der Waals surface area contributed by atoms with Crippen LogP contribution in [0.2, 0.25) is 5.35 Å². The fraction of sp³-hybridized carbons (Fsp3) is 0. The molecule has 0 amide bonds. The Morgan fingerprint density at radius 2 is 2.57 bits per heavy atom. The first-order valence-corrected chi connectivity index (χ1v) is 2.61. The summed E-state index contributed by atoms with van der Waals surface area (Å²) in [6.45, 7) is 0. The summed E-state index contributed by atoms with van der Waals surface area (Å²) in [6.07, 6.45) is 1.53. The predicted molar refractivity (Wildman–Crippen MR) is 26.9 cm³/mol. The quantitative estimate of drug-likeness (QED) is 0.465. The maximum absolute atomic E-state index is 5.27. The fourth-order valence-electron chi connectivity index (χ4n) is 0.264. The Kier molecular flexibility index (Phi) is 1.38. The number of hydrogen-bond donors (Lipinski definition) is 0. The van der Waals surface area contributed by atoms with Gasteiger partial charge in [-0.3, -0.25) is 0 Å². The monoisotopic (exact) mass is 129 g/mol. The normalized spacial score (nSPS) is 9.29. The highest BCUT2D eigenvalue weighted by Crippen LogP contribution is 1.97. The third-order valence-electron chi connectivity index (χ3n) is 0.495. The van der Waals surface area contributed by atoms with Gasteiger partial charge < -0.3 is 4.42 Å². The van der Waals surface area contributed by atoms with Gasteiger partial charge in [0.25, 0.3) is 5.35 Å². The molecule has 2 radical (unpaired) electrons. The second kappa shape index (κ2) is 1.87. The van der Waals surface area contributed by atoms with Crippen molar-refractivity contribution in [3.8, 4) is 0 Å². The van der Waals surface area contributed by atoms with Crippen molar-refractivity contribution in [3.05, 3.63) is 11.5 Å². The lowest BCUT2D eigenvalue weighted by Crippen LogP contribution is -1.93. The molecule has 7 heavy (non-hydrogen) atoms. The summed E-state index contributed by atoms with van der Waals surface area (Å²) in [4.78, 5) is 3.59. The lowest BCUT2D eigenvalue weighted by atomic mass is 11.0. The Balaban J connectivity index is 3.04. The number of hydrogen-bond acceptors (Lipinski definition) is 2. The van der Waals surface area contributed by atoms with E-state index in [0.717, 1.165) is 0 Å². The molecule has 0 N–H and O–H groups in total. The SMILES string of the molecule is [Al][c]1cnc(Cl)o1. The first-order chi connectivity index (χ1) is 3.29. The maximum Gasteiger partial charge on any atom is 0.290 e. The smallest absolute Gasteiger partial charge is 0.290 e. The van der Waals surface area contributed by atoms with E-state index < -0.39 is 0 Å². The van der Waals surface area contributed by atoms with Gasteiger partial charge in [0.1, 0.15) is 0 Å². The van der Waals surface area contributed by atoms with Crippen LogP contribution in [0.15, 0.2) is 10.6 Å². The van der Waals surface area contributed by atoms with Crippen LogP contribution in [0.5, 0.6) is 0 Å². The average molecular weight is 129 g/mol. The van der Waals surface area contributed by atoms with Gasteiger partial charge in [-0.15, -0.1) is 0 Å². The second-order valence-electron chi connectivity index (χ2n) is 1.02. The zero-order valence-corrected chi connectivity index (χ0v) is 5.30. The third kappa shape index (κ3) is 1.20. The molecular weight excluding hydrogens is 128 g/mol. The molecule has 4 heteroatoms. The van der Waals surface area contributed by atoms with Crippen molar-refractivity contribution in [1.29, 1.82) is 0 Å². The molecule has 0 aliphatic carbocycles. The number of aromatic nitrogens is 1.